The molecule has 20 heavy (non-hydrogen) atoms. The standard InChI is InChI=1S/C17H28N2O/c1-14(15-7-6-9-17(13-15)20-3)19-12-5-4-8-16(19)10-11-18-2/h6-7,9,13-14,16,18H,4-5,8,10-12H2,1-3H3. The zero-order valence-corrected chi connectivity index (χ0v) is 13.1. The normalized spacial score (nSPS) is 21.6. The summed E-state index contributed by atoms with van der Waals surface area (Å²) >= 11 is 0. The summed E-state index contributed by atoms with van der Waals surface area (Å²) in [4.78, 5) is 2.68. The van der Waals surface area contributed by atoms with Crippen LogP contribution >= 0.6 is 0 Å². The van der Waals surface area contributed by atoms with E-state index >= 15 is 0 Å². The SMILES string of the molecule is CNCCC1CCCCN1C(C)c1cccc(OC)c1. The molecule has 0 amide bonds. The Hall–Kier alpha value is -1.06. The number of piperidine rings is 1. The molecule has 1 fully saturated rings. The van der Waals surface area contributed by atoms with Crippen molar-refractivity contribution in [3.8, 4) is 5.75 Å². The van der Waals surface area contributed by atoms with Gasteiger partial charge in [-0.2, -0.15) is 0 Å². The second kappa shape index (κ2) is 7.65. The second-order valence-electron chi connectivity index (χ2n) is 5.73. The van der Waals surface area contributed by atoms with E-state index in [9.17, 15) is 0 Å². The second-order valence-corrected chi connectivity index (χ2v) is 5.73. The zero-order valence-electron chi connectivity index (χ0n) is 13.1. The lowest BCUT2D eigenvalue weighted by molar-refractivity contribution is 0.0970. The highest BCUT2D eigenvalue weighted by molar-refractivity contribution is 5.30. The van der Waals surface area contributed by atoms with Gasteiger partial charge in [-0.1, -0.05) is 18.6 Å². The molecule has 1 aromatic carbocycles. The van der Waals surface area contributed by atoms with Crippen LogP contribution in [0.3, 0.4) is 0 Å². The van der Waals surface area contributed by atoms with Crippen LogP contribution in [0.1, 0.15) is 44.2 Å². The summed E-state index contributed by atoms with van der Waals surface area (Å²) < 4.78 is 5.36. The molecule has 1 aliphatic heterocycles. The number of benzene rings is 1. The van der Waals surface area contributed by atoms with Crippen LogP contribution in [0.25, 0.3) is 0 Å². The van der Waals surface area contributed by atoms with Crippen LogP contribution in [0.5, 0.6) is 5.75 Å². The minimum atomic E-state index is 0.465. The first kappa shape index (κ1) is 15.3. The van der Waals surface area contributed by atoms with E-state index in [-0.39, 0.29) is 0 Å². The fourth-order valence-electron chi connectivity index (χ4n) is 3.25. The molecule has 1 aliphatic rings. The molecule has 3 nitrogen and oxygen atoms in total. The molecular weight excluding hydrogens is 248 g/mol. The molecule has 3 heteroatoms. The smallest absolute Gasteiger partial charge is 0.119 e. The summed E-state index contributed by atoms with van der Waals surface area (Å²) in [6.45, 7) is 4.64. The average molecular weight is 276 g/mol. The summed E-state index contributed by atoms with van der Waals surface area (Å²) in [5.41, 5.74) is 1.36. The number of hydrogen-bond acceptors (Lipinski definition) is 3. The summed E-state index contributed by atoms with van der Waals surface area (Å²) in [6, 6.07) is 9.68. The molecule has 0 aliphatic carbocycles. The van der Waals surface area contributed by atoms with Gasteiger partial charge in [0.2, 0.25) is 0 Å². The first-order valence-corrected chi connectivity index (χ1v) is 7.80. The monoisotopic (exact) mass is 276 g/mol. The van der Waals surface area contributed by atoms with Crippen molar-refractivity contribution in [3.05, 3.63) is 29.8 Å². The van der Waals surface area contributed by atoms with Crippen molar-refractivity contribution in [1.29, 1.82) is 0 Å². The van der Waals surface area contributed by atoms with Gasteiger partial charge in [0.15, 0.2) is 0 Å². The fraction of sp³-hybridized carbons (Fsp3) is 0.647. The molecule has 1 aromatic rings. The Morgan fingerprint density at radius 3 is 3.00 bits per heavy atom. The number of rotatable bonds is 6. The van der Waals surface area contributed by atoms with E-state index in [0.717, 1.165) is 12.3 Å². The van der Waals surface area contributed by atoms with Crippen LogP contribution in [-0.4, -0.2) is 38.2 Å². The van der Waals surface area contributed by atoms with Crippen molar-refractivity contribution >= 4 is 0 Å². The van der Waals surface area contributed by atoms with Crippen LogP contribution in [-0.2, 0) is 0 Å². The van der Waals surface area contributed by atoms with Crippen LogP contribution in [0, 0.1) is 0 Å². The third-order valence-electron chi connectivity index (χ3n) is 4.47. The minimum Gasteiger partial charge on any atom is -0.497 e. The number of hydrogen-bond donors (Lipinski definition) is 1. The van der Waals surface area contributed by atoms with Gasteiger partial charge in [-0.05, 0) is 64.0 Å². The molecule has 1 heterocycles. The van der Waals surface area contributed by atoms with E-state index in [2.05, 4.69) is 35.3 Å². The number of ether oxygens (including phenoxy) is 1. The molecule has 0 saturated carbocycles. The van der Waals surface area contributed by atoms with Crippen molar-refractivity contribution in [2.75, 3.05) is 27.2 Å². The molecule has 2 atom stereocenters. The molecular formula is C17H28N2O. The maximum absolute atomic E-state index is 5.36. The van der Waals surface area contributed by atoms with Crippen molar-refractivity contribution in [1.82, 2.24) is 10.2 Å². The molecule has 0 spiro atoms. The van der Waals surface area contributed by atoms with Crippen LogP contribution in [0.15, 0.2) is 24.3 Å². The number of methoxy groups -OCH3 is 1. The van der Waals surface area contributed by atoms with Crippen molar-refractivity contribution in [2.24, 2.45) is 0 Å². The van der Waals surface area contributed by atoms with Crippen LogP contribution in [0.2, 0.25) is 0 Å². The lowest BCUT2D eigenvalue weighted by Crippen LogP contribution is -2.42. The van der Waals surface area contributed by atoms with E-state index in [1.807, 2.05) is 13.1 Å². The highest BCUT2D eigenvalue weighted by Gasteiger charge is 2.26. The Morgan fingerprint density at radius 1 is 1.40 bits per heavy atom. The quantitative estimate of drug-likeness (QED) is 0.863. The average Bonchev–Trinajstić information content (AvgIpc) is 2.52. The molecule has 0 aromatic heterocycles. The molecule has 0 bridgehead atoms. The number of nitrogens with one attached hydrogen (secondary N) is 1. The first-order valence-electron chi connectivity index (χ1n) is 7.80. The van der Waals surface area contributed by atoms with Gasteiger partial charge >= 0.3 is 0 Å². The summed E-state index contributed by atoms with van der Waals surface area (Å²) in [6.07, 6.45) is 5.26. The van der Waals surface area contributed by atoms with Gasteiger partial charge in [0.1, 0.15) is 5.75 Å². The van der Waals surface area contributed by atoms with Gasteiger partial charge in [-0.3, -0.25) is 4.90 Å². The van der Waals surface area contributed by atoms with Gasteiger partial charge < -0.3 is 10.1 Å². The van der Waals surface area contributed by atoms with Gasteiger partial charge in [0, 0.05) is 12.1 Å². The molecule has 112 valence electrons. The Bertz CT molecular complexity index is 408. The topological polar surface area (TPSA) is 24.5 Å². The first-order chi connectivity index (χ1) is 9.76. The molecule has 2 unspecified atom stereocenters. The Labute approximate surface area is 123 Å². The van der Waals surface area contributed by atoms with Crippen molar-refractivity contribution < 1.29 is 4.74 Å². The Morgan fingerprint density at radius 2 is 2.25 bits per heavy atom. The predicted octanol–water partition coefficient (Wildman–Crippen LogP) is 3.22. The molecule has 1 N–H and O–H groups in total. The zero-order chi connectivity index (χ0) is 14.4. The van der Waals surface area contributed by atoms with Gasteiger partial charge in [0.25, 0.3) is 0 Å². The fourth-order valence-corrected chi connectivity index (χ4v) is 3.25. The minimum absolute atomic E-state index is 0.465. The number of nitrogens with zero attached hydrogens (tertiary/aromatic N) is 1. The van der Waals surface area contributed by atoms with E-state index in [4.69, 9.17) is 4.74 Å². The number of likely N-dealkylation sites (tertiary alicyclic amines) is 1. The van der Waals surface area contributed by atoms with Crippen LogP contribution < -0.4 is 10.1 Å². The highest BCUT2D eigenvalue weighted by Crippen LogP contribution is 2.31. The summed E-state index contributed by atoms with van der Waals surface area (Å²) in [7, 11) is 3.78. The third kappa shape index (κ3) is 3.74. The van der Waals surface area contributed by atoms with Crippen LogP contribution in [0.4, 0.5) is 0 Å². The summed E-state index contributed by atoms with van der Waals surface area (Å²) in [5, 5.41) is 3.29. The Balaban J connectivity index is 2.09. The van der Waals surface area contributed by atoms with E-state index in [1.54, 1.807) is 7.11 Å². The van der Waals surface area contributed by atoms with Gasteiger partial charge in [-0.25, -0.2) is 0 Å². The van der Waals surface area contributed by atoms with E-state index in [1.165, 1.54) is 37.8 Å². The molecule has 1 saturated heterocycles. The van der Waals surface area contributed by atoms with Gasteiger partial charge in [0.05, 0.1) is 7.11 Å². The maximum atomic E-state index is 5.36. The molecule has 0 radical (unpaired) electrons. The lowest BCUT2D eigenvalue weighted by atomic mass is 9.95. The van der Waals surface area contributed by atoms with Crippen molar-refractivity contribution in [3.63, 3.8) is 0 Å². The summed E-state index contributed by atoms with van der Waals surface area (Å²) in [5.74, 6) is 0.957. The predicted molar refractivity (Wildman–Crippen MR) is 84.3 cm³/mol. The maximum Gasteiger partial charge on any atom is 0.119 e. The molecule has 2 rings (SSSR count). The van der Waals surface area contributed by atoms with E-state index < -0.39 is 0 Å². The van der Waals surface area contributed by atoms with E-state index in [0.29, 0.717) is 12.1 Å². The lowest BCUT2D eigenvalue weighted by Gasteiger charge is -2.40. The largest absolute Gasteiger partial charge is 0.497 e. The highest BCUT2D eigenvalue weighted by atomic mass is 16.5. The third-order valence-corrected chi connectivity index (χ3v) is 4.47. The van der Waals surface area contributed by atoms with Crippen molar-refractivity contribution in [2.45, 2.75) is 44.7 Å². The van der Waals surface area contributed by atoms with Gasteiger partial charge in [-0.15, -0.1) is 0 Å². The Kier molecular flexibility index (Phi) is 5.86.